The molecule has 1 atom stereocenters. The normalized spacial score (nSPS) is 22.2. The number of nitrogens with zero attached hydrogens (tertiary/aromatic N) is 3. The van der Waals surface area contributed by atoms with Crippen molar-refractivity contribution in [1.82, 2.24) is 14.5 Å². The maximum absolute atomic E-state index is 5.99. The van der Waals surface area contributed by atoms with Crippen molar-refractivity contribution < 1.29 is 13.9 Å². The van der Waals surface area contributed by atoms with Gasteiger partial charge in [0.1, 0.15) is 5.82 Å². The van der Waals surface area contributed by atoms with E-state index in [0.29, 0.717) is 18.6 Å². The molecule has 2 aromatic rings. The predicted molar refractivity (Wildman–Crippen MR) is 93.0 cm³/mol. The molecule has 0 amide bonds. The predicted octanol–water partition coefficient (Wildman–Crippen LogP) is 3.00. The molecule has 0 aliphatic carbocycles. The minimum Gasteiger partial charge on any atom is -0.472 e. The van der Waals surface area contributed by atoms with Gasteiger partial charge in [-0.15, -0.1) is 0 Å². The van der Waals surface area contributed by atoms with Gasteiger partial charge in [-0.2, -0.15) is 0 Å². The van der Waals surface area contributed by atoms with Crippen molar-refractivity contribution in [1.29, 1.82) is 0 Å². The summed E-state index contributed by atoms with van der Waals surface area (Å²) >= 11 is 0. The van der Waals surface area contributed by atoms with Crippen molar-refractivity contribution in [3.63, 3.8) is 0 Å². The van der Waals surface area contributed by atoms with E-state index in [1.807, 2.05) is 18.5 Å². The average molecular weight is 345 g/mol. The summed E-state index contributed by atoms with van der Waals surface area (Å²) in [7, 11) is 0. The van der Waals surface area contributed by atoms with Crippen LogP contribution < -0.4 is 0 Å². The van der Waals surface area contributed by atoms with Crippen molar-refractivity contribution in [3.8, 4) is 0 Å². The van der Waals surface area contributed by atoms with Crippen LogP contribution >= 0.6 is 0 Å². The fourth-order valence-electron chi connectivity index (χ4n) is 3.80. The molecule has 1 fully saturated rings. The number of imidazole rings is 1. The third-order valence-corrected chi connectivity index (χ3v) is 5.41. The van der Waals surface area contributed by atoms with Crippen LogP contribution in [0.4, 0.5) is 0 Å². The van der Waals surface area contributed by atoms with Crippen LogP contribution in [-0.4, -0.2) is 40.8 Å². The molecule has 0 N–H and O–H groups in total. The van der Waals surface area contributed by atoms with Gasteiger partial charge in [-0.05, 0) is 31.7 Å². The van der Waals surface area contributed by atoms with Crippen molar-refractivity contribution in [2.24, 2.45) is 5.92 Å². The molecule has 0 bridgehead atoms. The molecule has 0 radical (unpaired) electrons. The van der Waals surface area contributed by atoms with Crippen molar-refractivity contribution in [3.05, 3.63) is 41.9 Å². The van der Waals surface area contributed by atoms with Gasteiger partial charge in [0.15, 0.2) is 0 Å². The van der Waals surface area contributed by atoms with Gasteiger partial charge in [0.05, 0.1) is 43.7 Å². The molecule has 0 saturated carbocycles. The third-order valence-electron chi connectivity index (χ3n) is 5.41. The van der Waals surface area contributed by atoms with Gasteiger partial charge in [0, 0.05) is 38.4 Å². The topological polar surface area (TPSA) is 52.7 Å². The Hall–Kier alpha value is -1.63. The molecular formula is C19H27N3O3. The zero-order chi connectivity index (χ0) is 17.1. The van der Waals surface area contributed by atoms with Crippen LogP contribution in [0, 0.1) is 5.92 Å². The molecule has 2 aliphatic heterocycles. The number of fused-ring (bicyclic) bond motifs is 1. The van der Waals surface area contributed by atoms with Gasteiger partial charge < -0.3 is 18.5 Å². The van der Waals surface area contributed by atoms with E-state index < -0.39 is 0 Å². The quantitative estimate of drug-likeness (QED) is 0.805. The van der Waals surface area contributed by atoms with E-state index in [0.717, 1.165) is 58.1 Å². The molecule has 2 aliphatic rings. The summed E-state index contributed by atoms with van der Waals surface area (Å²) in [5.41, 5.74) is 2.41. The first-order chi connectivity index (χ1) is 12.3. The van der Waals surface area contributed by atoms with Crippen LogP contribution in [0.2, 0.25) is 0 Å². The minimum atomic E-state index is 0.299. The lowest BCUT2D eigenvalue weighted by molar-refractivity contribution is 0.0139. The summed E-state index contributed by atoms with van der Waals surface area (Å²) < 4.78 is 18.9. The molecule has 6 nitrogen and oxygen atoms in total. The first-order valence-electron chi connectivity index (χ1n) is 9.26. The highest BCUT2D eigenvalue weighted by molar-refractivity contribution is 5.12. The highest BCUT2D eigenvalue weighted by atomic mass is 16.5. The summed E-state index contributed by atoms with van der Waals surface area (Å²) in [4.78, 5) is 7.12. The number of ether oxygens (including phenoxy) is 2. The van der Waals surface area contributed by atoms with E-state index in [1.54, 1.807) is 6.26 Å². The average Bonchev–Trinajstić information content (AvgIpc) is 3.29. The second-order valence-corrected chi connectivity index (χ2v) is 7.11. The Kier molecular flexibility index (Phi) is 5.20. The van der Waals surface area contributed by atoms with Gasteiger partial charge in [0.2, 0.25) is 0 Å². The number of rotatable bonds is 6. The largest absolute Gasteiger partial charge is 0.472 e. The van der Waals surface area contributed by atoms with E-state index in [1.165, 1.54) is 11.3 Å². The van der Waals surface area contributed by atoms with Gasteiger partial charge in [-0.1, -0.05) is 0 Å². The van der Waals surface area contributed by atoms with Crippen LogP contribution in [0.5, 0.6) is 0 Å². The lowest BCUT2D eigenvalue weighted by atomic mass is 10.0. The molecule has 4 rings (SSSR count). The molecular weight excluding hydrogens is 318 g/mol. The second-order valence-electron chi connectivity index (χ2n) is 7.11. The lowest BCUT2D eigenvalue weighted by Crippen LogP contribution is -2.37. The van der Waals surface area contributed by atoms with Crippen LogP contribution in [0.1, 0.15) is 42.9 Å². The Balaban J connectivity index is 1.34. The Morgan fingerprint density at radius 3 is 2.96 bits per heavy atom. The lowest BCUT2D eigenvalue weighted by Gasteiger charge is -2.34. The third kappa shape index (κ3) is 3.81. The maximum atomic E-state index is 5.99. The van der Waals surface area contributed by atoms with Crippen LogP contribution in [0.15, 0.2) is 29.2 Å². The van der Waals surface area contributed by atoms with Crippen molar-refractivity contribution in [2.75, 3.05) is 26.4 Å². The summed E-state index contributed by atoms with van der Waals surface area (Å²) in [5, 5.41) is 0. The van der Waals surface area contributed by atoms with E-state index in [-0.39, 0.29) is 0 Å². The second kappa shape index (κ2) is 7.72. The molecule has 6 heteroatoms. The number of aromatic nitrogens is 2. The van der Waals surface area contributed by atoms with E-state index >= 15 is 0 Å². The van der Waals surface area contributed by atoms with Crippen molar-refractivity contribution in [2.45, 2.75) is 45.5 Å². The SMILES string of the molecule is C[C@H]1c2ncc(COCC3CCOCC3)n2CCN1Cc1ccoc1. The smallest absolute Gasteiger partial charge is 0.126 e. The summed E-state index contributed by atoms with van der Waals surface area (Å²) in [5.74, 6) is 1.78. The summed E-state index contributed by atoms with van der Waals surface area (Å²) in [6.07, 6.45) is 7.77. The van der Waals surface area contributed by atoms with Crippen LogP contribution in [0.3, 0.4) is 0 Å². The molecule has 0 spiro atoms. The maximum Gasteiger partial charge on any atom is 0.126 e. The van der Waals surface area contributed by atoms with E-state index in [9.17, 15) is 0 Å². The van der Waals surface area contributed by atoms with Crippen molar-refractivity contribution >= 4 is 0 Å². The molecule has 0 aromatic carbocycles. The molecule has 1 saturated heterocycles. The molecule has 4 heterocycles. The number of furan rings is 1. The fraction of sp³-hybridized carbons (Fsp3) is 0.632. The Bertz CT molecular complexity index is 662. The molecule has 0 unspecified atom stereocenters. The first kappa shape index (κ1) is 16.8. The minimum absolute atomic E-state index is 0.299. The molecule has 136 valence electrons. The highest BCUT2D eigenvalue weighted by Crippen LogP contribution is 2.27. The summed E-state index contributed by atoms with van der Waals surface area (Å²) in [6.45, 7) is 8.34. The Morgan fingerprint density at radius 2 is 2.16 bits per heavy atom. The van der Waals surface area contributed by atoms with Gasteiger partial charge in [-0.3, -0.25) is 4.90 Å². The van der Waals surface area contributed by atoms with Gasteiger partial charge in [0.25, 0.3) is 0 Å². The van der Waals surface area contributed by atoms with Gasteiger partial charge >= 0.3 is 0 Å². The number of hydrogen-bond donors (Lipinski definition) is 0. The first-order valence-corrected chi connectivity index (χ1v) is 9.26. The van der Waals surface area contributed by atoms with E-state index in [4.69, 9.17) is 13.9 Å². The number of hydrogen-bond acceptors (Lipinski definition) is 5. The zero-order valence-electron chi connectivity index (χ0n) is 14.9. The molecule has 25 heavy (non-hydrogen) atoms. The molecule has 2 aromatic heterocycles. The van der Waals surface area contributed by atoms with Crippen LogP contribution in [-0.2, 0) is 29.2 Å². The standard InChI is InChI=1S/C19H27N3O3/c1-15-19-20-10-18(14-25-12-16-2-7-23-8-3-16)22(19)6-5-21(15)11-17-4-9-24-13-17/h4,9-10,13,15-16H,2-3,5-8,11-12,14H2,1H3/t15-/m0/s1. The van der Waals surface area contributed by atoms with Crippen LogP contribution in [0.25, 0.3) is 0 Å². The van der Waals surface area contributed by atoms with E-state index in [2.05, 4.69) is 21.4 Å². The van der Waals surface area contributed by atoms with Gasteiger partial charge in [-0.25, -0.2) is 4.98 Å². The highest BCUT2D eigenvalue weighted by Gasteiger charge is 2.27. The Morgan fingerprint density at radius 1 is 1.28 bits per heavy atom. The zero-order valence-corrected chi connectivity index (χ0v) is 14.9. The monoisotopic (exact) mass is 345 g/mol. The fourth-order valence-corrected chi connectivity index (χ4v) is 3.80. The summed E-state index contributed by atoms with van der Waals surface area (Å²) in [6, 6.07) is 2.33. The Labute approximate surface area is 148 Å².